The first-order chi connectivity index (χ1) is 14.1. The number of hydrogen-bond donors (Lipinski definition) is 0. The van der Waals surface area contributed by atoms with Gasteiger partial charge >= 0.3 is 0 Å². The van der Waals surface area contributed by atoms with Gasteiger partial charge in [0.25, 0.3) is 11.8 Å². The van der Waals surface area contributed by atoms with Crippen LogP contribution in [0.15, 0.2) is 42.6 Å². The molecule has 0 spiro atoms. The highest BCUT2D eigenvalue weighted by atomic mass is 16.5. The van der Waals surface area contributed by atoms with Crippen molar-refractivity contribution >= 4 is 17.5 Å². The second-order valence-electron chi connectivity index (χ2n) is 6.86. The van der Waals surface area contributed by atoms with E-state index in [0.717, 1.165) is 11.4 Å². The molecule has 1 aromatic heterocycles. The fraction of sp³-hybridized carbons (Fsp3) is 0.409. The van der Waals surface area contributed by atoms with Crippen molar-refractivity contribution in [2.75, 3.05) is 51.3 Å². The Balaban J connectivity index is 1.68. The molecule has 0 bridgehead atoms. The Bertz CT molecular complexity index is 859. The number of nitrogens with zero attached hydrogens (tertiary/aromatic N) is 4. The van der Waals surface area contributed by atoms with Gasteiger partial charge in [0.2, 0.25) is 0 Å². The molecule has 0 radical (unpaired) electrons. The molecule has 0 unspecified atom stereocenters. The minimum atomic E-state index is -0.140. The maximum atomic E-state index is 12.9. The molecule has 29 heavy (non-hydrogen) atoms. The second-order valence-corrected chi connectivity index (χ2v) is 6.86. The molecule has 2 heterocycles. The average Bonchev–Trinajstić information content (AvgIpc) is 2.79. The van der Waals surface area contributed by atoms with Crippen LogP contribution in [0.5, 0.6) is 5.75 Å². The molecule has 1 aromatic carbocycles. The molecular weight excluding hydrogens is 368 g/mol. The van der Waals surface area contributed by atoms with Crippen molar-refractivity contribution in [1.29, 1.82) is 0 Å². The van der Waals surface area contributed by atoms with Gasteiger partial charge in [0.1, 0.15) is 11.4 Å². The molecule has 0 aliphatic carbocycles. The van der Waals surface area contributed by atoms with Gasteiger partial charge in [-0.05, 0) is 38.1 Å². The normalized spacial score (nSPS) is 13.9. The monoisotopic (exact) mass is 396 g/mol. The molecule has 1 saturated heterocycles. The van der Waals surface area contributed by atoms with Crippen LogP contribution in [0.3, 0.4) is 0 Å². The summed E-state index contributed by atoms with van der Waals surface area (Å²) in [6.45, 7) is 7.75. The molecule has 2 aromatic rings. The van der Waals surface area contributed by atoms with Crippen molar-refractivity contribution in [3.8, 4) is 5.75 Å². The van der Waals surface area contributed by atoms with E-state index in [-0.39, 0.29) is 11.8 Å². The number of carbonyl (C=O) groups is 2. The number of hydrogen-bond acceptors (Lipinski definition) is 5. The molecule has 7 heteroatoms. The Morgan fingerprint density at radius 3 is 2.41 bits per heavy atom. The molecule has 0 N–H and O–H groups in total. The van der Waals surface area contributed by atoms with Crippen LogP contribution >= 0.6 is 0 Å². The van der Waals surface area contributed by atoms with E-state index in [1.165, 1.54) is 6.20 Å². The van der Waals surface area contributed by atoms with E-state index in [4.69, 9.17) is 4.74 Å². The molecule has 7 nitrogen and oxygen atoms in total. The number of aromatic nitrogens is 1. The lowest BCUT2D eigenvalue weighted by atomic mass is 10.1. The van der Waals surface area contributed by atoms with Gasteiger partial charge in [-0.2, -0.15) is 0 Å². The molecule has 0 atom stereocenters. The van der Waals surface area contributed by atoms with Crippen LogP contribution in [0.2, 0.25) is 0 Å². The van der Waals surface area contributed by atoms with Crippen LogP contribution in [0.25, 0.3) is 0 Å². The smallest absolute Gasteiger partial charge is 0.272 e. The summed E-state index contributed by atoms with van der Waals surface area (Å²) in [5.74, 6) is 0.614. The number of carbonyl (C=O) groups excluding carboxylic acids is 2. The van der Waals surface area contributed by atoms with Crippen LogP contribution in [-0.4, -0.2) is 73.0 Å². The standard InChI is InChI=1S/C22H28N4O3/c1-4-24(5-2)21(27)17-10-11-23-18(16-17)22(28)26-14-12-25(13-15-26)19-8-6-7-9-20(19)29-3/h6-11,16H,4-5,12-15H2,1-3H3. The predicted octanol–water partition coefficient (Wildman–Crippen LogP) is 2.53. The number of ether oxygens (including phenoxy) is 1. The number of amides is 2. The van der Waals surface area contributed by atoms with Gasteiger partial charge in [0.05, 0.1) is 12.8 Å². The summed E-state index contributed by atoms with van der Waals surface area (Å²) in [5.41, 5.74) is 1.85. The highest BCUT2D eigenvalue weighted by Gasteiger charge is 2.25. The maximum Gasteiger partial charge on any atom is 0.272 e. The Kier molecular flexibility index (Phi) is 6.69. The van der Waals surface area contributed by atoms with Gasteiger partial charge in [-0.15, -0.1) is 0 Å². The van der Waals surface area contributed by atoms with Crippen LogP contribution in [0, 0.1) is 0 Å². The van der Waals surface area contributed by atoms with Crippen LogP contribution < -0.4 is 9.64 Å². The number of benzene rings is 1. The second kappa shape index (κ2) is 9.41. The Morgan fingerprint density at radius 1 is 1.07 bits per heavy atom. The lowest BCUT2D eigenvalue weighted by molar-refractivity contribution is 0.0740. The molecule has 2 amide bonds. The van der Waals surface area contributed by atoms with Gasteiger partial charge in [-0.1, -0.05) is 12.1 Å². The first-order valence-corrected chi connectivity index (χ1v) is 10.0. The van der Waals surface area contributed by atoms with Crippen molar-refractivity contribution in [2.45, 2.75) is 13.8 Å². The quantitative estimate of drug-likeness (QED) is 0.751. The fourth-order valence-electron chi connectivity index (χ4n) is 3.58. The van der Waals surface area contributed by atoms with E-state index < -0.39 is 0 Å². The molecule has 0 saturated carbocycles. The molecule has 1 aliphatic rings. The summed E-state index contributed by atoms with van der Waals surface area (Å²) in [7, 11) is 1.66. The highest BCUT2D eigenvalue weighted by molar-refractivity contribution is 5.98. The summed E-state index contributed by atoms with van der Waals surface area (Å²) in [6.07, 6.45) is 1.54. The van der Waals surface area contributed by atoms with E-state index in [0.29, 0.717) is 50.5 Å². The van der Waals surface area contributed by atoms with Gasteiger partial charge in [0, 0.05) is 51.0 Å². The molecule has 1 fully saturated rings. The zero-order valence-electron chi connectivity index (χ0n) is 17.3. The number of rotatable bonds is 6. The number of para-hydroxylation sites is 2. The Labute approximate surface area is 171 Å². The zero-order valence-corrected chi connectivity index (χ0v) is 17.3. The Morgan fingerprint density at radius 2 is 1.76 bits per heavy atom. The SMILES string of the molecule is CCN(CC)C(=O)c1ccnc(C(=O)N2CCN(c3ccccc3OC)CC2)c1. The third-order valence-corrected chi connectivity index (χ3v) is 5.27. The number of pyridine rings is 1. The Hall–Kier alpha value is -3.09. The molecular formula is C22H28N4O3. The fourth-order valence-corrected chi connectivity index (χ4v) is 3.58. The van der Waals surface area contributed by atoms with Crippen molar-refractivity contribution in [3.05, 3.63) is 53.9 Å². The van der Waals surface area contributed by atoms with E-state index in [9.17, 15) is 9.59 Å². The van der Waals surface area contributed by atoms with E-state index in [2.05, 4.69) is 9.88 Å². The van der Waals surface area contributed by atoms with Crippen LogP contribution in [-0.2, 0) is 0 Å². The maximum absolute atomic E-state index is 12.9. The summed E-state index contributed by atoms with van der Waals surface area (Å²) < 4.78 is 5.45. The van der Waals surface area contributed by atoms with E-state index in [1.54, 1.807) is 29.0 Å². The number of anilines is 1. The lowest BCUT2D eigenvalue weighted by Crippen LogP contribution is -2.49. The van der Waals surface area contributed by atoms with Crippen molar-refractivity contribution in [3.63, 3.8) is 0 Å². The lowest BCUT2D eigenvalue weighted by Gasteiger charge is -2.36. The third-order valence-electron chi connectivity index (χ3n) is 5.27. The minimum absolute atomic E-state index is 0.0764. The first kappa shape index (κ1) is 20.6. The first-order valence-electron chi connectivity index (χ1n) is 10.0. The average molecular weight is 396 g/mol. The van der Waals surface area contributed by atoms with Crippen molar-refractivity contribution < 1.29 is 14.3 Å². The highest BCUT2D eigenvalue weighted by Crippen LogP contribution is 2.28. The summed E-state index contributed by atoms with van der Waals surface area (Å²) in [5, 5.41) is 0. The third kappa shape index (κ3) is 4.50. The predicted molar refractivity (Wildman–Crippen MR) is 113 cm³/mol. The van der Waals surface area contributed by atoms with Crippen LogP contribution in [0.1, 0.15) is 34.7 Å². The van der Waals surface area contributed by atoms with Gasteiger partial charge in [-0.3, -0.25) is 14.6 Å². The summed E-state index contributed by atoms with van der Waals surface area (Å²) in [4.78, 5) is 35.5. The zero-order chi connectivity index (χ0) is 20.8. The topological polar surface area (TPSA) is 66.0 Å². The van der Waals surface area contributed by atoms with E-state index in [1.807, 2.05) is 38.1 Å². The molecule has 154 valence electrons. The summed E-state index contributed by atoms with van der Waals surface area (Å²) in [6, 6.07) is 11.2. The summed E-state index contributed by atoms with van der Waals surface area (Å²) >= 11 is 0. The van der Waals surface area contributed by atoms with Crippen molar-refractivity contribution in [1.82, 2.24) is 14.8 Å². The van der Waals surface area contributed by atoms with E-state index >= 15 is 0 Å². The van der Waals surface area contributed by atoms with Gasteiger partial charge in [-0.25, -0.2) is 0 Å². The number of piperazine rings is 1. The molecule has 3 rings (SSSR count). The largest absolute Gasteiger partial charge is 0.495 e. The van der Waals surface area contributed by atoms with Gasteiger partial charge in [0.15, 0.2) is 0 Å². The van der Waals surface area contributed by atoms with Crippen molar-refractivity contribution in [2.24, 2.45) is 0 Å². The number of methoxy groups -OCH3 is 1. The van der Waals surface area contributed by atoms with Gasteiger partial charge < -0.3 is 19.4 Å². The molecule has 1 aliphatic heterocycles. The van der Waals surface area contributed by atoms with Crippen LogP contribution in [0.4, 0.5) is 5.69 Å². The minimum Gasteiger partial charge on any atom is -0.495 e.